The topological polar surface area (TPSA) is 55.1 Å². The van der Waals surface area contributed by atoms with E-state index in [2.05, 4.69) is 16.9 Å². The van der Waals surface area contributed by atoms with E-state index in [1.54, 1.807) is 6.08 Å². The van der Waals surface area contributed by atoms with Crippen molar-refractivity contribution in [2.24, 2.45) is 0 Å². The standard InChI is InChI=1S/C16H20N2O2/c1-6-10-8-9-11-13(12(10)17-7-2)20-15(19)18-14(11)16(3,4)5/h6,8-9,17H,1,7H2,2-5H3. The van der Waals surface area contributed by atoms with Crippen molar-refractivity contribution in [3.05, 3.63) is 40.5 Å². The van der Waals surface area contributed by atoms with Crippen molar-refractivity contribution in [1.29, 1.82) is 0 Å². The third-order valence-corrected chi connectivity index (χ3v) is 3.12. The SMILES string of the molecule is C=Cc1ccc2c(C(C)(C)C)nc(=O)oc2c1NCC. The van der Waals surface area contributed by atoms with Gasteiger partial charge >= 0.3 is 5.76 Å². The molecule has 0 radical (unpaired) electrons. The van der Waals surface area contributed by atoms with Crippen molar-refractivity contribution in [2.75, 3.05) is 11.9 Å². The molecule has 2 aromatic rings. The van der Waals surface area contributed by atoms with E-state index in [4.69, 9.17) is 4.42 Å². The van der Waals surface area contributed by atoms with Crippen LogP contribution >= 0.6 is 0 Å². The van der Waals surface area contributed by atoms with Crippen LogP contribution in [0.25, 0.3) is 17.0 Å². The molecule has 0 saturated carbocycles. The van der Waals surface area contributed by atoms with Crippen LogP contribution in [0.2, 0.25) is 0 Å². The Morgan fingerprint density at radius 1 is 1.40 bits per heavy atom. The van der Waals surface area contributed by atoms with E-state index in [1.807, 2.05) is 39.8 Å². The summed E-state index contributed by atoms with van der Waals surface area (Å²) < 4.78 is 5.35. The lowest BCUT2D eigenvalue weighted by molar-refractivity contribution is 0.498. The molecule has 4 nitrogen and oxygen atoms in total. The van der Waals surface area contributed by atoms with Crippen LogP contribution in [0.3, 0.4) is 0 Å². The van der Waals surface area contributed by atoms with E-state index in [0.717, 1.165) is 28.9 Å². The molecule has 4 heteroatoms. The summed E-state index contributed by atoms with van der Waals surface area (Å²) in [6.07, 6.45) is 1.74. The molecule has 2 rings (SSSR count). The zero-order valence-electron chi connectivity index (χ0n) is 12.4. The lowest BCUT2D eigenvalue weighted by Gasteiger charge is -2.20. The van der Waals surface area contributed by atoms with Crippen molar-refractivity contribution in [3.63, 3.8) is 0 Å². The number of aromatic nitrogens is 1. The molecule has 0 aliphatic carbocycles. The molecule has 0 aliphatic heterocycles. The van der Waals surface area contributed by atoms with Crippen LogP contribution < -0.4 is 11.1 Å². The summed E-state index contributed by atoms with van der Waals surface area (Å²) >= 11 is 0. The number of anilines is 1. The van der Waals surface area contributed by atoms with Gasteiger partial charge in [-0.15, -0.1) is 0 Å². The van der Waals surface area contributed by atoms with E-state index in [0.29, 0.717) is 5.58 Å². The van der Waals surface area contributed by atoms with Crippen molar-refractivity contribution in [2.45, 2.75) is 33.1 Å². The molecule has 20 heavy (non-hydrogen) atoms. The Labute approximate surface area is 118 Å². The Balaban J connectivity index is 2.92. The molecule has 0 unspecified atom stereocenters. The number of rotatable bonds is 3. The molecule has 0 fully saturated rings. The monoisotopic (exact) mass is 272 g/mol. The third-order valence-electron chi connectivity index (χ3n) is 3.12. The Morgan fingerprint density at radius 2 is 2.10 bits per heavy atom. The number of nitrogens with one attached hydrogen (secondary N) is 1. The number of hydrogen-bond acceptors (Lipinski definition) is 4. The van der Waals surface area contributed by atoms with Crippen molar-refractivity contribution >= 4 is 22.7 Å². The first-order chi connectivity index (χ1) is 9.38. The molecule has 0 bridgehead atoms. The zero-order chi connectivity index (χ0) is 14.9. The molecule has 1 aromatic heterocycles. The maximum atomic E-state index is 11.8. The predicted octanol–water partition coefficient (Wildman–Crippen LogP) is 3.56. The number of hydrogen-bond donors (Lipinski definition) is 1. The van der Waals surface area contributed by atoms with Crippen LogP contribution in [0.4, 0.5) is 5.69 Å². The van der Waals surface area contributed by atoms with Gasteiger partial charge in [0.25, 0.3) is 0 Å². The van der Waals surface area contributed by atoms with E-state index < -0.39 is 5.76 Å². The van der Waals surface area contributed by atoms with Crippen molar-refractivity contribution in [1.82, 2.24) is 4.98 Å². The quantitative estimate of drug-likeness (QED) is 0.928. The summed E-state index contributed by atoms with van der Waals surface area (Å²) in [7, 11) is 0. The molecule has 1 aromatic carbocycles. The Morgan fingerprint density at radius 3 is 2.65 bits per heavy atom. The van der Waals surface area contributed by atoms with E-state index in [1.165, 1.54) is 0 Å². The number of fused-ring (bicyclic) bond motifs is 1. The van der Waals surface area contributed by atoms with E-state index in [-0.39, 0.29) is 5.41 Å². The Hall–Kier alpha value is -2.10. The van der Waals surface area contributed by atoms with Crippen LogP contribution in [0.15, 0.2) is 27.9 Å². The smallest absolute Gasteiger partial charge is 0.406 e. The molecule has 106 valence electrons. The Bertz CT molecular complexity index is 709. The first-order valence-corrected chi connectivity index (χ1v) is 6.73. The zero-order valence-corrected chi connectivity index (χ0v) is 12.4. The van der Waals surface area contributed by atoms with Crippen LogP contribution in [-0.4, -0.2) is 11.5 Å². The lowest BCUT2D eigenvalue weighted by Crippen LogP contribution is -2.20. The minimum Gasteiger partial charge on any atom is -0.406 e. The fraction of sp³-hybridized carbons (Fsp3) is 0.375. The van der Waals surface area contributed by atoms with Gasteiger partial charge < -0.3 is 9.73 Å². The highest BCUT2D eigenvalue weighted by Gasteiger charge is 2.22. The lowest BCUT2D eigenvalue weighted by atomic mass is 9.89. The molecule has 0 amide bonds. The van der Waals surface area contributed by atoms with Gasteiger partial charge in [0.05, 0.1) is 11.4 Å². The van der Waals surface area contributed by atoms with E-state index in [9.17, 15) is 4.79 Å². The predicted molar refractivity (Wildman–Crippen MR) is 83.2 cm³/mol. The van der Waals surface area contributed by atoms with Gasteiger partial charge in [-0.1, -0.05) is 39.5 Å². The molecule has 1 heterocycles. The van der Waals surface area contributed by atoms with Gasteiger partial charge in [0, 0.05) is 22.9 Å². The average molecular weight is 272 g/mol. The highest BCUT2D eigenvalue weighted by molar-refractivity contribution is 5.95. The van der Waals surface area contributed by atoms with Crippen LogP contribution in [0.1, 0.15) is 39.0 Å². The van der Waals surface area contributed by atoms with Crippen LogP contribution in [-0.2, 0) is 5.41 Å². The third kappa shape index (κ3) is 2.46. The van der Waals surface area contributed by atoms with Crippen molar-refractivity contribution in [3.8, 4) is 0 Å². The summed E-state index contributed by atoms with van der Waals surface area (Å²) in [5, 5.41) is 4.10. The molecular weight excluding hydrogens is 252 g/mol. The molecule has 0 saturated heterocycles. The molecule has 0 spiro atoms. The maximum absolute atomic E-state index is 11.8. The summed E-state index contributed by atoms with van der Waals surface area (Å²) in [6, 6.07) is 3.90. The first-order valence-electron chi connectivity index (χ1n) is 6.73. The fourth-order valence-electron chi connectivity index (χ4n) is 2.25. The summed E-state index contributed by atoms with van der Waals surface area (Å²) in [6.45, 7) is 12.6. The highest BCUT2D eigenvalue weighted by atomic mass is 16.4. The normalized spacial score (nSPS) is 11.6. The average Bonchev–Trinajstić information content (AvgIpc) is 2.37. The van der Waals surface area contributed by atoms with Crippen molar-refractivity contribution < 1.29 is 4.42 Å². The molecule has 1 N–H and O–H groups in total. The second-order valence-electron chi connectivity index (χ2n) is 5.72. The number of nitrogens with zero attached hydrogens (tertiary/aromatic N) is 1. The van der Waals surface area contributed by atoms with E-state index >= 15 is 0 Å². The minimum atomic E-state index is -0.567. The number of benzene rings is 1. The van der Waals surface area contributed by atoms with Crippen LogP contribution in [0.5, 0.6) is 0 Å². The maximum Gasteiger partial charge on any atom is 0.439 e. The van der Waals surface area contributed by atoms with Gasteiger partial charge in [-0.2, -0.15) is 4.98 Å². The van der Waals surface area contributed by atoms with Gasteiger partial charge in [0.15, 0.2) is 5.58 Å². The second-order valence-corrected chi connectivity index (χ2v) is 5.72. The first kappa shape index (κ1) is 14.3. The molecular formula is C16H20N2O2. The van der Waals surface area contributed by atoms with Gasteiger partial charge in [-0.05, 0) is 13.0 Å². The highest BCUT2D eigenvalue weighted by Crippen LogP contribution is 2.33. The van der Waals surface area contributed by atoms with Gasteiger partial charge in [0.1, 0.15) is 0 Å². The summed E-state index contributed by atoms with van der Waals surface area (Å²) in [5.41, 5.74) is 2.78. The Kier molecular flexibility index (Phi) is 3.66. The molecule has 0 atom stereocenters. The van der Waals surface area contributed by atoms with Gasteiger partial charge in [-0.25, -0.2) is 4.79 Å². The molecule has 0 aliphatic rings. The van der Waals surface area contributed by atoms with Gasteiger partial charge in [0.2, 0.25) is 0 Å². The summed E-state index contributed by atoms with van der Waals surface area (Å²) in [5.74, 6) is -0.567. The summed E-state index contributed by atoms with van der Waals surface area (Å²) in [4.78, 5) is 15.8. The second kappa shape index (κ2) is 5.12. The minimum absolute atomic E-state index is 0.229. The fourth-order valence-corrected chi connectivity index (χ4v) is 2.25. The van der Waals surface area contributed by atoms with Gasteiger partial charge in [-0.3, -0.25) is 0 Å². The largest absolute Gasteiger partial charge is 0.439 e. The van der Waals surface area contributed by atoms with Crippen LogP contribution in [0, 0.1) is 0 Å².